The van der Waals surface area contributed by atoms with Gasteiger partial charge in [-0.1, -0.05) is 12.1 Å². The summed E-state index contributed by atoms with van der Waals surface area (Å²) in [6.07, 6.45) is 0.535. The number of aryl methyl sites for hydroxylation is 1. The SMILES string of the molecule is CC(OC(=O)CCCc1nc2ccccc2s1)C(=O)N1CCNC1=O. The van der Waals surface area contributed by atoms with Crippen molar-refractivity contribution in [3.05, 3.63) is 29.3 Å². The van der Waals surface area contributed by atoms with Crippen LogP contribution >= 0.6 is 11.3 Å². The van der Waals surface area contributed by atoms with Crippen LogP contribution in [0.15, 0.2) is 24.3 Å². The molecule has 1 saturated heterocycles. The van der Waals surface area contributed by atoms with E-state index < -0.39 is 24.0 Å². The molecule has 0 saturated carbocycles. The number of nitrogens with one attached hydrogen (secondary N) is 1. The number of benzene rings is 1. The van der Waals surface area contributed by atoms with E-state index in [1.54, 1.807) is 11.3 Å². The number of para-hydroxylation sites is 1. The summed E-state index contributed by atoms with van der Waals surface area (Å²) in [5.74, 6) is -0.934. The highest BCUT2D eigenvalue weighted by Crippen LogP contribution is 2.22. The number of hydrogen-bond donors (Lipinski definition) is 1. The highest BCUT2D eigenvalue weighted by atomic mass is 32.1. The van der Waals surface area contributed by atoms with Gasteiger partial charge in [0.25, 0.3) is 5.91 Å². The molecule has 3 amide bonds. The monoisotopic (exact) mass is 361 g/mol. The minimum absolute atomic E-state index is 0.208. The molecule has 1 N–H and O–H groups in total. The molecular weight excluding hydrogens is 342 g/mol. The molecule has 25 heavy (non-hydrogen) atoms. The van der Waals surface area contributed by atoms with Gasteiger partial charge in [0, 0.05) is 19.5 Å². The molecule has 1 aromatic carbocycles. The fourth-order valence-electron chi connectivity index (χ4n) is 2.62. The van der Waals surface area contributed by atoms with Gasteiger partial charge in [-0.2, -0.15) is 0 Å². The van der Waals surface area contributed by atoms with Crippen molar-refractivity contribution >= 4 is 39.5 Å². The number of carbonyl (C=O) groups excluding carboxylic acids is 3. The lowest BCUT2D eigenvalue weighted by molar-refractivity contribution is -0.157. The lowest BCUT2D eigenvalue weighted by Crippen LogP contribution is -2.41. The Bertz CT molecular complexity index is 771. The lowest BCUT2D eigenvalue weighted by atomic mass is 10.2. The fraction of sp³-hybridized carbons (Fsp3) is 0.412. The molecule has 1 aromatic heterocycles. The zero-order valence-electron chi connectivity index (χ0n) is 13.9. The van der Waals surface area contributed by atoms with E-state index >= 15 is 0 Å². The van der Waals surface area contributed by atoms with E-state index in [1.807, 2.05) is 24.3 Å². The van der Waals surface area contributed by atoms with Crippen molar-refractivity contribution < 1.29 is 19.1 Å². The maximum atomic E-state index is 12.1. The predicted octanol–water partition coefficient (Wildman–Crippen LogP) is 2.10. The van der Waals surface area contributed by atoms with Crippen molar-refractivity contribution in [3.63, 3.8) is 0 Å². The number of rotatable bonds is 6. The Labute approximate surface area is 149 Å². The summed E-state index contributed by atoms with van der Waals surface area (Å²) < 4.78 is 6.27. The summed E-state index contributed by atoms with van der Waals surface area (Å²) >= 11 is 1.62. The van der Waals surface area contributed by atoms with Crippen LogP contribution in [0.25, 0.3) is 10.2 Å². The van der Waals surface area contributed by atoms with E-state index in [9.17, 15) is 14.4 Å². The van der Waals surface area contributed by atoms with Gasteiger partial charge in [0.15, 0.2) is 6.10 Å². The smallest absolute Gasteiger partial charge is 0.324 e. The largest absolute Gasteiger partial charge is 0.453 e. The molecule has 1 fully saturated rings. The van der Waals surface area contributed by atoms with Crippen LogP contribution in [0.2, 0.25) is 0 Å². The number of hydrogen-bond acceptors (Lipinski definition) is 6. The predicted molar refractivity (Wildman–Crippen MR) is 93.2 cm³/mol. The van der Waals surface area contributed by atoms with Crippen molar-refractivity contribution in [1.82, 2.24) is 15.2 Å². The number of imide groups is 1. The summed E-state index contributed by atoms with van der Waals surface area (Å²) in [5.41, 5.74) is 0.966. The minimum Gasteiger partial charge on any atom is -0.453 e. The van der Waals surface area contributed by atoms with Gasteiger partial charge in [0.05, 0.1) is 15.2 Å². The molecule has 1 aliphatic rings. The van der Waals surface area contributed by atoms with Gasteiger partial charge in [-0.25, -0.2) is 9.78 Å². The van der Waals surface area contributed by atoms with Crippen LogP contribution in [0.1, 0.15) is 24.8 Å². The molecule has 0 aliphatic carbocycles. The van der Waals surface area contributed by atoms with Crippen LogP contribution in [0.4, 0.5) is 4.79 Å². The number of fused-ring (bicyclic) bond motifs is 1. The molecule has 7 nitrogen and oxygen atoms in total. The topological polar surface area (TPSA) is 88.6 Å². The van der Waals surface area contributed by atoms with Gasteiger partial charge in [0.2, 0.25) is 0 Å². The molecule has 3 rings (SSSR count). The van der Waals surface area contributed by atoms with Gasteiger partial charge in [0.1, 0.15) is 0 Å². The lowest BCUT2D eigenvalue weighted by Gasteiger charge is -2.18. The Balaban J connectivity index is 1.44. The normalized spacial score (nSPS) is 15.2. The van der Waals surface area contributed by atoms with Gasteiger partial charge < -0.3 is 10.1 Å². The minimum atomic E-state index is -0.959. The zero-order chi connectivity index (χ0) is 17.8. The number of ether oxygens (including phenoxy) is 1. The van der Waals surface area contributed by atoms with E-state index in [0.717, 1.165) is 20.1 Å². The average Bonchev–Trinajstić information content (AvgIpc) is 3.19. The van der Waals surface area contributed by atoms with Crippen LogP contribution in [-0.2, 0) is 20.7 Å². The number of esters is 1. The van der Waals surface area contributed by atoms with E-state index in [1.165, 1.54) is 6.92 Å². The molecule has 2 heterocycles. The number of nitrogens with zero attached hydrogens (tertiary/aromatic N) is 2. The molecule has 1 atom stereocenters. The second kappa shape index (κ2) is 7.60. The van der Waals surface area contributed by atoms with Crippen LogP contribution in [-0.4, -0.2) is 47.0 Å². The first kappa shape index (κ1) is 17.3. The summed E-state index contributed by atoms with van der Waals surface area (Å²) in [4.78, 5) is 41.0. The number of amides is 3. The standard InChI is InChI=1S/C17H19N3O4S/c1-11(16(22)20-10-9-18-17(20)23)24-15(21)8-4-7-14-19-12-5-2-3-6-13(12)25-14/h2-3,5-6,11H,4,7-10H2,1H3,(H,18,23). The van der Waals surface area contributed by atoms with Crippen molar-refractivity contribution in [2.75, 3.05) is 13.1 Å². The fourth-order valence-corrected chi connectivity index (χ4v) is 3.63. The van der Waals surface area contributed by atoms with E-state index in [2.05, 4.69) is 10.3 Å². The Hall–Kier alpha value is -2.48. The van der Waals surface area contributed by atoms with Crippen LogP contribution < -0.4 is 5.32 Å². The Morgan fingerprint density at radius 2 is 2.20 bits per heavy atom. The van der Waals surface area contributed by atoms with Crippen molar-refractivity contribution in [2.45, 2.75) is 32.3 Å². The van der Waals surface area contributed by atoms with Crippen molar-refractivity contribution in [3.8, 4) is 0 Å². The molecule has 0 bridgehead atoms. The van der Waals surface area contributed by atoms with E-state index in [-0.39, 0.29) is 6.42 Å². The second-order valence-corrected chi connectivity index (χ2v) is 6.90. The Morgan fingerprint density at radius 3 is 2.92 bits per heavy atom. The first-order chi connectivity index (χ1) is 12.0. The molecule has 8 heteroatoms. The maximum Gasteiger partial charge on any atom is 0.324 e. The molecule has 0 radical (unpaired) electrons. The third kappa shape index (κ3) is 4.14. The van der Waals surface area contributed by atoms with Crippen molar-refractivity contribution in [2.24, 2.45) is 0 Å². The molecule has 0 spiro atoms. The third-order valence-electron chi connectivity index (χ3n) is 3.89. The van der Waals surface area contributed by atoms with E-state index in [4.69, 9.17) is 4.74 Å². The Kier molecular flexibility index (Phi) is 5.28. The second-order valence-electron chi connectivity index (χ2n) is 5.78. The highest BCUT2D eigenvalue weighted by molar-refractivity contribution is 7.18. The summed E-state index contributed by atoms with van der Waals surface area (Å²) in [5, 5.41) is 3.52. The summed E-state index contributed by atoms with van der Waals surface area (Å²) in [6, 6.07) is 7.46. The molecule has 132 valence electrons. The van der Waals surface area contributed by atoms with Crippen LogP contribution in [0.5, 0.6) is 0 Å². The van der Waals surface area contributed by atoms with Gasteiger partial charge in [-0.15, -0.1) is 11.3 Å². The number of aromatic nitrogens is 1. The van der Waals surface area contributed by atoms with Gasteiger partial charge in [-0.3, -0.25) is 14.5 Å². The first-order valence-electron chi connectivity index (χ1n) is 8.18. The van der Waals surface area contributed by atoms with Crippen molar-refractivity contribution in [1.29, 1.82) is 0 Å². The van der Waals surface area contributed by atoms with Crippen LogP contribution in [0, 0.1) is 0 Å². The highest BCUT2D eigenvalue weighted by Gasteiger charge is 2.31. The quantitative estimate of drug-likeness (QED) is 0.796. The van der Waals surface area contributed by atoms with Crippen LogP contribution in [0.3, 0.4) is 0 Å². The molecular formula is C17H19N3O4S. The molecule has 1 unspecified atom stereocenters. The summed E-state index contributed by atoms with van der Waals surface area (Å²) in [7, 11) is 0. The van der Waals surface area contributed by atoms with Gasteiger partial charge >= 0.3 is 12.0 Å². The molecule has 2 aromatic rings. The van der Waals surface area contributed by atoms with E-state index in [0.29, 0.717) is 25.9 Å². The summed E-state index contributed by atoms with van der Waals surface area (Å²) in [6.45, 7) is 2.21. The maximum absolute atomic E-state index is 12.1. The molecule has 1 aliphatic heterocycles. The average molecular weight is 361 g/mol. The number of carbonyl (C=O) groups is 3. The zero-order valence-corrected chi connectivity index (χ0v) is 14.7. The number of urea groups is 1. The number of thiazole rings is 1. The Morgan fingerprint density at radius 1 is 1.40 bits per heavy atom. The van der Waals surface area contributed by atoms with Gasteiger partial charge in [-0.05, 0) is 31.9 Å². The first-order valence-corrected chi connectivity index (χ1v) is 8.99. The third-order valence-corrected chi connectivity index (χ3v) is 4.98.